The van der Waals surface area contributed by atoms with Gasteiger partial charge in [-0.25, -0.2) is 9.67 Å². The van der Waals surface area contributed by atoms with Crippen LogP contribution in [0, 0.1) is 0 Å². The Morgan fingerprint density at radius 3 is 2.85 bits per heavy atom. The molecule has 5 heteroatoms. The second-order valence-electron chi connectivity index (χ2n) is 5.22. The minimum absolute atomic E-state index is 0.690. The average molecular weight is 271 g/mol. The molecule has 1 saturated carbocycles. The molecule has 1 fully saturated rings. The van der Waals surface area contributed by atoms with Gasteiger partial charge in [-0.05, 0) is 18.9 Å². The van der Waals surface area contributed by atoms with Gasteiger partial charge in [0.05, 0.1) is 5.69 Å². The molecule has 2 aromatic rings. The first-order valence-electron chi connectivity index (χ1n) is 7.43. The van der Waals surface area contributed by atoms with Crippen LogP contribution in [0.25, 0.3) is 5.69 Å². The van der Waals surface area contributed by atoms with E-state index in [2.05, 4.69) is 34.2 Å². The molecule has 20 heavy (non-hydrogen) atoms. The maximum absolute atomic E-state index is 4.62. The van der Waals surface area contributed by atoms with Crippen molar-refractivity contribution in [2.75, 3.05) is 0 Å². The summed E-state index contributed by atoms with van der Waals surface area (Å²) in [6.07, 6.45) is 8.07. The van der Waals surface area contributed by atoms with Crippen molar-refractivity contribution >= 4 is 0 Å². The van der Waals surface area contributed by atoms with Crippen LogP contribution in [-0.2, 0) is 19.4 Å². The Morgan fingerprint density at radius 2 is 2.15 bits per heavy atom. The zero-order chi connectivity index (χ0) is 13.9. The summed E-state index contributed by atoms with van der Waals surface area (Å²) in [4.78, 5) is 8.83. The van der Waals surface area contributed by atoms with Crippen LogP contribution in [0.5, 0.6) is 0 Å². The quantitative estimate of drug-likeness (QED) is 0.873. The summed E-state index contributed by atoms with van der Waals surface area (Å²) in [5.41, 5.74) is 2.28. The van der Waals surface area contributed by atoms with Crippen LogP contribution in [0.2, 0.25) is 0 Å². The van der Waals surface area contributed by atoms with E-state index in [1.54, 1.807) is 0 Å². The van der Waals surface area contributed by atoms with Gasteiger partial charge in [0.1, 0.15) is 5.82 Å². The maximum atomic E-state index is 4.62. The monoisotopic (exact) mass is 271 g/mol. The smallest absolute Gasteiger partial charge is 0.151 e. The van der Waals surface area contributed by atoms with Gasteiger partial charge in [0.15, 0.2) is 5.82 Å². The van der Waals surface area contributed by atoms with Crippen molar-refractivity contribution in [2.24, 2.45) is 0 Å². The van der Waals surface area contributed by atoms with Crippen molar-refractivity contribution in [3.05, 3.63) is 35.7 Å². The highest BCUT2D eigenvalue weighted by molar-refractivity contribution is 5.38. The summed E-state index contributed by atoms with van der Waals surface area (Å²) in [5, 5.41) is 8.16. The number of nitrogens with one attached hydrogen (secondary N) is 1. The molecule has 0 radical (unpaired) electrons. The highest BCUT2D eigenvalue weighted by Gasteiger charge is 2.21. The molecular formula is C15H21N5. The molecule has 1 aliphatic rings. The third-order valence-corrected chi connectivity index (χ3v) is 3.62. The minimum atomic E-state index is 0.690. The molecule has 0 saturated heterocycles. The Morgan fingerprint density at radius 1 is 1.30 bits per heavy atom. The molecule has 0 aliphatic heterocycles. The summed E-state index contributed by atoms with van der Waals surface area (Å²) in [6, 6.07) is 2.72. The average Bonchev–Trinajstić information content (AvgIpc) is 3.23. The lowest BCUT2D eigenvalue weighted by Crippen LogP contribution is -2.17. The molecule has 0 unspecified atom stereocenters. The highest BCUT2D eigenvalue weighted by Crippen LogP contribution is 2.21. The topological polar surface area (TPSA) is 55.6 Å². The van der Waals surface area contributed by atoms with E-state index in [0.717, 1.165) is 36.7 Å². The van der Waals surface area contributed by atoms with Gasteiger partial charge < -0.3 is 5.32 Å². The van der Waals surface area contributed by atoms with Gasteiger partial charge in [0, 0.05) is 43.4 Å². The van der Waals surface area contributed by atoms with E-state index in [1.165, 1.54) is 18.4 Å². The number of nitrogens with zero attached hydrogens (tertiary/aromatic N) is 4. The predicted octanol–water partition coefficient (Wildman–Crippen LogP) is 2.04. The van der Waals surface area contributed by atoms with E-state index >= 15 is 0 Å². The molecule has 1 N–H and O–H groups in total. The molecule has 3 rings (SSSR count). The van der Waals surface area contributed by atoms with E-state index in [1.807, 2.05) is 23.1 Å². The number of rotatable bonds is 6. The zero-order valence-electron chi connectivity index (χ0n) is 12.1. The van der Waals surface area contributed by atoms with Crippen LogP contribution >= 0.6 is 0 Å². The second-order valence-corrected chi connectivity index (χ2v) is 5.22. The maximum Gasteiger partial charge on any atom is 0.151 e. The molecule has 1 aliphatic carbocycles. The van der Waals surface area contributed by atoms with E-state index in [4.69, 9.17) is 0 Å². The highest BCUT2D eigenvalue weighted by atomic mass is 15.4. The molecule has 2 aromatic heterocycles. The van der Waals surface area contributed by atoms with Crippen molar-refractivity contribution in [3.8, 4) is 5.69 Å². The van der Waals surface area contributed by atoms with Gasteiger partial charge in [0.2, 0.25) is 0 Å². The first-order chi connectivity index (χ1) is 9.81. The van der Waals surface area contributed by atoms with Gasteiger partial charge in [-0.1, -0.05) is 13.8 Å². The van der Waals surface area contributed by atoms with E-state index in [-0.39, 0.29) is 0 Å². The largest absolute Gasteiger partial charge is 0.310 e. The molecule has 0 spiro atoms. The Bertz CT molecular complexity index is 586. The standard InChI is InChI=1S/C15H21N5/c1-3-14-18-15(4-2)20(19-14)13-7-8-16-9-11(13)10-17-12-5-6-12/h7-9,12,17H,3-6,10H2,1-2H3. The Hall–Kier alpha value is -1.75. The fourth-order valence-electron chi connectivity index (χ4n) is 2.27. The Kier molecular flexibility index (Phi) is 3.78. The number of aromatic nitrogens is 4. The van der Waals surface area contributed by atoms with Crippen molar-refractivity contribution in [1.29, 1.82) is 0 Å². The van der Waals surface area contributed by atoms with Crippen LogP contribution in [0.15, 0.2) is 18.5 Å². The first kappa shape index (κ1) is 13.2. The SMILES string of the molecule is CCc1nc(CC)n(-c2ccncc2CNC2CC2)n1. The van der Waals surface area contributed by atoms with Crippen LogP contribution in [-0.4, -0.2) is 25.8 Å². The lowest BCUT2D eigenvalue weighted by molar-refractivity contribution is 0.675. The fraction of sp³-hybridized carbons (Fsp3) is 0.533. The number of pyridine rings is 1. The molecular weight excluding hydrogens is 250 g/mol. The van der Waals surface area contributed by atoms with Crippen molar-refractivity contribution in [2.45, 2.75) is 52.1 Å². The molecule has 0 aromatic carbocycles. The zero-order valence-corrected chi connectivity index (χ0v) is 12.1. The third-order valence-electron chi connectivity index (χ3n) is 3.62. The first-order valence-corrected chi connectivity index (χ1v) is 7.43. The number of hydrogen-bond acceptors (Lipinski definition) is 4. The summed E-state index contributed by atoms with van der Waals surface area (Å²) >= 11 is 0. The van der Waals surface area contributed by atoms with Crippen molar-refractivity contribution in [1.82, 2.24) is 25.1 Å². The molecule has 0 bridgehead atoms. The minimum Gasteiger partial charge on any atom is -0.310 e. The Labute approximate surface area is 119 Å². The predicted molar refractivity (Wildman–Crippen MR) is 77.8 cm³/mol. The summed E-state index contributed by atoms with van der Waals surface area (Å²) in [5.74, 6) is 1.92. The Balaban J connectivity index is 1.93. The molecule has 0 atom stereocenters. The summed E-state index contributed by atoms with van der Waals surface area (Å²) in [6.45, 7) is 5.04. The van der Waals surface area contributed by atoms with Crippen LogP contribution in [0.4, 0.5) is 0 Å². The van der Waals surface area contributed by atoms with E-state index < -0.39 is 0 Å². The van der Waals surface area contributed by atoms with E-state index in [0.29, 0.717) is 6.04 Å². The normalized spacial score (nSPS) is 14.7. The van der Waals surface area contributed by atoms with Gasteiger partial charge in [-0.3, -0.25) is 4.98 Å². The van der Waals surface area contributed by atoms with Crippen molar-refractivity contribution < 1.29 is 0 Å². The molecule has 0 amide bonds. The van der Waals surface area contributed by atoms with Crippen LogP contribution in [0.3, 0.4) is 0 Å². The molecule has 106 valence electrons. The fourth-order valence-corrected chi connectivity index (χ4v) is 2.27. The number of hydrogen-bond donors (Lipinski definition) is 1. The number of aryl methyl sites for hydroxylation is 2. The molecule has 5 nitrogen and oxygen atoms in total. The van der Waals surface area contributed by atoms with Gasteiger partial charge >= 0.3 is 0 Å². The summed E-state index contributed by atoms with van der Waals surface area (Å²) in [7, 11) is 0. The van der Waals surface area contributed by atoms with Gasteiger partial charge in [-0.15, -0.1) is 0 Å². The third kappa shape index (κ3) is 2.72. The molecule has 2 heterocycles. The van der Waals surface area contributed by atoms with Crippen LogP contribution in [0.1, 0.15) is 43.9 Å². The van der Waals surface area contributed by atoms with E-state index in [9.17, 15) is 0 Å². The van der Waals surface area contributed by atoms with Gasteiger partial charge in [0.25, 0.3) is 0 Å². The van der Waals surface area contributed by atoms with Crippen LogP contribution < -0.4 is 5.32 Å². The van der Waals surface area contributed by atoms with Crippen molar-refractivity contribution in [3.63, 3.8) is 0 Å². The lowest BCUT2D eigenvalue weighted by Gasteiger charge is -2.11. The van der Waals surface area contributed by atoms with Gasteiger partial charge in [-0.2, -0.15) is 5.10 Å². The lowest BCUT2D eigenvalue weighted by atomic mass is 10.2. The second kappa shape index (κ2) is 5.71. The summed E-state index contributed by atoms with van der Waals surface area (Å²) < 4.78 is 1.98.